The minimum Gasteiger partial charge on any atom is -0.313 e. The van der Waals surface area contributed by atoms with Crippen molar-refractivity contribution in [3.63, 3.8) is 0 Å². The molecule has 6 aromatic rings. The summed E-state index contributed by atoms with van der Waals surface area (Å²) in [6, 6.07) is 47.6. The average Bonchev–Trinajstić information content (AvgIpc) is 3.51. The number of carbonyl (C=O) groups excluding carboxylic acids is 1. The molecule has 7 rings (SSSR count). The molecule has 0 bridgehead atoms. The van der Waals surface area contributed by atoms with Crippen LogP contribution in [0.3, 0.4) is 0 Å². The fourth-order valence-corrected chi connectivity index (χ4v) is 9.59. The molecule has 0 spiro atoms. The van der Waals surface area contributed by atoms with Gasteiger partial charge in [0.2, 0.25) is 5.91 Å². The molecule has 0 radical (unpaired) electrons. The second-order valence-corrected chi connectivity index (χ2v) is 12.9. The van der Waals surface area contributed by atoms with Gasteiger partial charge in [0.25, 0.3) is 0 Å². The monoisotopic (exact) mass is 523 g/mol. The highest BCUT2D eigenvalue weighted by atomic mass is 31.2. The number of carbonyl (C=O) groups is 1. The molecular formula is C35H26NO2P. The van der Waals surface area contributed by atoms with E-state index in [-0.39, 0.29) is 5.91 Å². The minimum atomic E-state index is -3.46. The summed E-state index contributed by atoms with van der Waals surface area (Å²) in [5.74, 6) is -0.513. The van der Waals surface area contributed by atoms with Gasteiger partial charge in [-0.15, -0.1) is 0 Å². The van der Waals surface area contributed by atoms with E-state index in [0.717, 1.165) is 33.3 Å². The van der Waals surface area contributed by atoms with Crippen molar-refractivity contribution in [1.82, 2.24) is 4.57 Å². The zero-order valence-electron chi connectivity index (χ0n) is 21.2. The first-order valence-electron chi connectivity index (χ1n) is 13.2. The maximum Gasteiger partial charge on any atom is 0.243 e. The molecule has 0 fully saturated rings. The Morgan fingerprint density at radius 2 is 1.05 bits per heavy atom. The molecule has 2 heterocycles. The molecule has 0 unspecified atom stereocenters. The van der Waals surface area contributed by atoms with Crippen LogP contribution in [0.15, 0.2) is 146 Å². The van der Waals surface area contributed by atoms with E-state index in [1.165, 1.54) is 0 Å². The highest BCUT2D eigenvalue weighted by Crippen LogP contribution is 2.60. The van der Waals surface area contributed by atoms with Crippen LogP contribution < -0.4 is 10.6 Å². The van der Waals surface area contributed by atoms with Crippen molar-refractivity contribution in [2.75, 3.05) is 0 Å². The second kappa shape index (κ2) is 9.38. The predicted molar refractivity (Wildman–Crippen MR) is 160 cm³/mol. The van der Waals surface area contributed by atoms with Crippen LogP contribution in [-0.4, -0.2) is 16.1 Å². The van der Waals surface area contributed by atoms with Crippen LogP contribution in [0.2, 0.25) is 0 Å². The van der Waals surface area contributed by atoms with Crippen molar-refractivity contribution < 1.29 is 9.36 Å². The second-order valence-electron chi connectivity index (χ2n) is 9.98. The van der Waals surface area contributed by atoms with Gasteiger partial charge < -0.3 is 4.57 Å². The Morgan fingerprint density at radius 3 is 1.64 bits per heavy atom. The van der Waals surface area contributed by atoms with Crippen LogP contribution in [-0.2, 0) is 4.57 Å². The van der Waals surface area contributed by atoms with Gasteiger partial charge in [-0.3, -0.25) is 9.36 Å². The maximum atomic E-state index is 15.7. The van der Waals surface area contributed by atoms with E-state index in [9.17, 15) is 4.79 Å². The summed E-state index contributed by atoms with van der Waals surface area (Å²) in [5, 5.41) is 2.43. The van der Waals surface area contributed by atoms with Gasteiger partial charge in [-0.05, 0) is 17.2 Å². The fourth-order valence-electron chi connectivity index (χ4n) is 6.26. The summed E-state index contributed by atoms with van der Waals surface area (Å²) >= 11 is 0. The van der Waals surface area contributed by atoms with Gasteiger partial charge in [-0.2, -0.15) is 0 Å². The average molecular weight is 524 g/mol. The Bertz CT molecular complexity index is 1800. The van der Waals surface area contributed by atoms with Gasteiger partial charge in [0.1, 0.15) is 5.66 Å². The van der Waals surface area contributed by atoms with E-state index in [1.807, 2.05) is 120 Å². The largest absolute Gasteiger partial charge is 0.313 e. The van der Waals surface area contributed by atoms with Crippen LogP contribution in [0.4, 0.5) is 0 Å². The lowest BCUT2D eigenvalue weighted by atomic mass is 9.89. The van der Waals surface area contributed by atoms with Crippen LogP contribution >= 0.6 is 7.14 Å². The molecule has 39 heavy (non-hydrogen) atoms. The summed E-state index contributed by atoms with van der Waals surface area (Å²) in [6.07, 6.45) is 0. The maximum absolute atomic E-state index is 15.7. The zero-order chi connectivity index (χ0) is 26.4. The molecule has 4 heteroatoms. The van der Waals surface area contributed by atoms with Gasteiger partial charge >= 0.3 is 0 Å². The third-order valence-electron chi connectivity index (χ3n) is 7.89. The summed E-state index contributed by atoms with van der Waals surface area (Å²) < 4.78 is 17.6. The number of nitrogens with zero attached hydrogens (tertiary/aromatic N) is 1. The summed E-state index contributed by atoms with van der Waals surface area (Å²) in [4.78, 5) is 14.8. The lowest BCUT2D eigenvalue weighted by Crippen LogP contribution is -2.33. The molecule has 1 aromatic heterocycles. The number of rotatable bonds is 5. The van der Waals surface area contributed by atoms with Gasteiger partial charge in [0.15, 0.2) is 7.14 Å². The molecule has 0 amide bonds. The lowest BCUT2D eigenvalue weighted by molar-refractivity contribution is 0.0930. The number of benzene rings is 5. The van der Waals surface area contributed by atoms with E-state index < -0.39 is 18.7 Å². The van der Waals surface area contributed by atoms with E-state index in [1.54, 1.807) is 0 Å². The van der Waals surface area contributed by atoms with Gasteiger partial charge in [-0.1, -0.05) is 140 Å². The first kappa shape index (κ1) is 23.6. The molecule has 1 aliphatic heterocycles. The van der Waals surface area contributed by atoms with Crippen LogP contribution in [0.5, 0.6) is 0 Å². The fraction of sp³-hybridized carbons (Fsp3) is 0.0571. The molecule has 5 aromatic carbocycles. The molecule has 3 nitrogen and oxygen atoms in total. The van der Waals surface area contributed by atoms with E-state index in [2.05, 4.69) is 30.3 Å². The summed E-state index contributed by atoms with van der Waals surface area (Å²) in [7, 11) is -3.46. The number of hydrogen-bond acceptors (Lipinski definition) is 2. The summed E-state index contributed by atoms with van der Waals surface area (Å²) in [5.41, 5.74) is 4.05. The van der Waals surface area contributed by atoms with Crippen molar-refractivity contribution in [2.24, 2.45) is 0 Å². The standard InChI is InChI=1S/C35H26NO2P/c37-35-34(39(38,27-19-9-3-10-20-27)28-21-11-4-12-22-28)32(26-17-7-2-8-18-26)33-31(25-15-5-1-6-16-25)29-23-13-14-24-30(29)36(33)35/h1-24,32,34H/t32-,34+/m1/s1. The molecule has 1 aliphatic rings. The normalized spacial score (nSPS) is 16.9. The number of para-hydroxylation sites is 1. The van der Waals surface area contributed by atoms with Gasteiger partial charge in [-0.25, -0.2) is 0 Å². The van der Waals surface area contributed by atoms with Crippen molar-refractivity contribution in [3.05, 3.63) is 157 Å². The molecule has 0 saturated carbocycles. The van der Waals surface area contributed by atoms with E-state index in [0.29, 0.717) is 10.6 Å². The predicted octanol–water partition coefficient (Wildman–Crippen LogP) is 7.48. The molecule has 188 valence electrons. The zero-order valence-corrected chi connectivity index (χ0v) is 22.1. The SMILES string of the molecule is O=C1[C@@H](P(=O)(c2ccccc2)c2ccccc2)[C@H](c2ccccc2)c2c(-c3ccccc3)c3ccccc3n21. The number of hydrogen-bond donors (Lipinski definition) is 0. The molecule has 0 N–H and O–H groups in total. The minimum absolute atomic E-state index is 0.117. The van der Waals surface area contributed by atoms with Crippen molar-refractivity contribution in [2.45, 2.75) is 11.6 Å². The van der Waals surface area contributed by atoms with Crippen molar-refractivity contribution in [3.8, 4) is 11.1 Å². The Hall–Kier alpha value is -4.46. The summed E-state index contributed by atoms with van der Waals surface area (Å²) in [6.45, 7) is 0. The Labute approximate surface area is 227 Å². The quantitative estimate of drug-likeness (QED) is 0.220. The van der Waals surface area contributed by atoms with Gasteiger partial charge in [0.05, 0.1) is 5.52 Å². The first-order valence-corrected chi connectivity index (χ1v) is 15.0. The number of aromatic nitrogens is 1. The van der Waals surface area contributed by atoms with Crippen LogP contribution in [0, 0.1) is 0 Å². The Balaban J connectivity index is 1.60. The first-order chi connectivity index (χ1) is 19.2. The third kappa shape index (κ3) is 3.58. The smallest absolute Gasteiger partial charge is 0.243 e. The van der Waals surface area contributed by atoms with Crippen molar-refractivity contribution in [1.29, 1.82) is 0 Å². The molecule has 0 aliphatic carbocycles. The van der Waals surface area contributed by atoms with Crippen LogP contribution in [0.25, 0.3) is 22.0 Å². The third-order valence-corrected chi connectivity index (χ3v) is 11.3. The molecule has 0 saturated heterocycles. The van der Waals surface area contributed by atoms with E-state index in [4.69, 9.17) is 0 Å². The topological polar surface area (TPSA) is 39.1 Å². The Morgan fingerprint density at radius 1 is 0.564 bits per heavy atom. The molecular weight excluding hydrogens is 497 g/mol. The van der Waals surface area contributed by atoms with E-state index >= 15 is 4.57 Å². The van der Waals surface area contributed by atoms with Crippen molar-refractivity contribution >= 4 is 34.6 Å². The highest BCUT2D eigenvalue weighted by Gasteiger charge is 2.54. The van der Waals surface area contributed by atoms with Crippen LogP contribution in [0.1, 0.15) is 22.0 Å². The Kier molecular flexibility index (Phi) is 5.68. The molecule has 2 atom stereocenters. The lowest BCUT2D eigenvalue weighted by Gasteiger charge is -2.29. The van der Waals surface area contributed by atoms with Gasteiger partial charge in [0, 0.05) is 33.2 Å². The highest BCUT2D eigenvalue weighted by molar-refractivity contribution is 7.80. The number of fused-ring (bicyclic) bond motifs is 3.